The molecule has 1 saturated heterocycles. The summed E-state index contributed by atoms with van der Waals surface area (Å²) in [6.07, 6.45) is 3.58. The van der Waals surface area contributed by atoms with E-state index < -0.39 is 0 Å². The number of guanidine groups is 1. The highest BCUT2D eigenvalue weighted by Crippen LogP contribution is 2.23. The van der Waals surface area contributed by atoms with Crippen molar-refractivity contribution < 1.29 is 9.47 Å². The fourth-order valence-electron chi connectivity index (χ4n) is 2.34. The molecule has 124 valence electrons. The molecule has 0 bridgehead atoms. The van der Waals surface area contributed by atoms with Crippen molar-refractivity contribution in [2.75, 3.05) is 33.9 Å². The minimum atomic E-state index is -0.166. The normalized spacial score (nSPS) is 17.5. The second kappa shape index (κ2) is 9.96. The molecule has 0 radical (unpaired) electrons. The zero-order valence-electron chi connectivity index (χ0n) is 13.2. The standard InChI is InChI=1S/C15H24N4O2.HI/c1-16-14(18-11-13-5-3-4-8-17-13)19-12-15(20-2)6-9-21-10-7-15;/h3-5,8H,6-7,9-12H2,1-2H3,(H2,16,18,19);1H. The van der Waals surface area contributed by atoms with E-state index in [1.165, 1.54) is 0 Å². The van der Waals surface area contributed by atoms with E-state index >= 15 is 0 Å². The Balaban J connectivity index is 0.00000242. The fraction of sp³-hybridized carbons (Fsp3) is 0.600. The Bertz CT molecular complexity index is 450. The lowest BCUT2D eigenvalue weighted by Gasteiger charge is -2.36. The van der Waals surface area contributed by atoms with Gasteiger partial charge in [0.05, 0.1) is 17.8 Å². The molecule has 0 saturated carbocycles. The van der Waals surface area contributed by atoms with E-state index in [1.807, 2.05) is 18.2 Å². The molecule has 2 rings (SSSR count). The Hall–Kier alpha value is -0.930. The zero-order valence-corrected chi connectivity index (χ0v) is 15.5. The van der Waals surface area contributed by atoms with E-state index in [9.17, 15) is 0 Å². The maximum absolute atomic E-state index is 5.70. The maximum Gasteiger partial charge on any atom is 0.191 e. The van der Waals surface area contributed by atoms with Crippen molar-refractivity contribution in [3.63, 3.8) is 0 Å². The highest BCUT2D eigenvalue weighted by atomic mass is 127. The summed E-state index contributed by atoms with van der Waals surface area (Å²) in [4.78, 5) is 8.51. The molecule has 22 heavy (non-hydrogen) atoms. The third kappa shape index (κ3) is 5.69. The van der Waals surface area contributed by atoms with Crippen LogP contribution in [0.4, 0.5) is 0 Å². The lowest BCUT2D eigenvalue weighted by molar-refractivity contribution is -0.0855. The van der Waals surface area contributed by atoms with Crippen LogP contribution in [0, 0.1) is 0 Å². The predicted octanol–water partition coefficient (Wildman–Crippen LogP) is 1.56. The topological polar surface area (TPSA) is 67.8 Å². The minimum absolute atomic E-state index is 0. The molecule has 0 unspecified atom stereocenters. The van der Waals surface area contributed by atoms with Crippen molar-refractivity contribution in [1.82, 2.24) is 15.6 Å². The summed E-state index contributed by atoms with van der Waals surface area (Å²) < 4.78 is 11.1. The molecule has 2 heterocycles. The number of halogens is 1. The molecule has 0 amide bonds. The molecule has 0 spiro atoms. The monoisotopic (exact) mass is 420 g/mol. The highest BCUT2D eigenvalue weighted by molar-refractivity contribution is 14.0. The summed E-state index contributed by atoms with van der Waals surface area (Å²) in [5.74, 6) is 0.753. The number of ether oxygens (including phenoxy) is 2. The molecule has 1 aromatic heterocycles. The van der Waals surface area contributed by atoms with Crippen LogP contribution in [0.15, 0.2) is 29.4 Å². The third-order valence-electron chi connectivity index (χ3n) is 3.80. The second-order valence-electron chi connectivity index (χ2n) is 5.10. The average molecular weight is 420 g/mol. The van der Waals surface area contributed by atoms with Crippen LogP contribution in [0.5, 0.6) is 0 Å². The number of rotatable bonds is 5. The molecule has 1 fully saturated rings. The molecule has 6 nitrogen and oxygen atoms in total. The van der Waals surface area contributed by atoms with Gasteiger partial charge < -0.3 is 20.1 Å². The number of hydrogen-bond donors (Lipinski definition) is 2. The van der Waals surface area contributed by atoms with Crippen LogP contribution >= 0.6 is 24.0 Å². The number of aromatic nitrogens is 1. The van der Waals surface area contributed by atoms with Gasteiger partial charge in [0.1, 0.15) is 0 Å². The van der Waals surface area contributed by atoms with Gasteiger partial charge in [-0.15, -0.1) is 24.0 Å². The number of methoxy groups -OCH3 is 1. The Morgan fingerprint density at radius 1 is 1.36 bits per heavy atom. The van der Waals surface area contributed by atoms with Crippen LogP contribution in [-0.4, -0.2) is 50.5 Å². The zero-order chi connectivity index (χ0) is 15.0. The van der Waals surface area contributed by atoms with Gasteiger partial charge in [0.25, 0.3) is 0 Å². The lowest BCUT2D eigenvalue weighted by atomic mass is 9.94. The number of pyridine rings is 1. The van der Waals surface area contributed by atoms with Crippen molar-refractivity contribution in [3.05, 3.63) is 30.1 Å². The Labute approximate surface area is 149 Å². The van der Waals surface area contributed by atoms with Crippen molar-refractivity contribution in [2.45, 2.75) is 25.0 Å². The largest absolute Gasteiger partial charge is 0.381 e. The average Bonchev–Trinajstić information content (AvgIpc) is 2.57. The van der Waals surface area contributed by atoms with Gasteiger partial charge in [-0.2, -0.15) is 0 Å². The van der Waals surface area contributed by atoms with Crippen LogP contribution in [0.25, 0.3) is 0 Å². The second-order valence-corrected chi connectivity index (χ2v) is 5.10. The van der Waals surface area contributed by atoms with Gasteiger partial charge in [-0.3, -0.25) is 9.98 Å². The number of nitrogens with one attached hydrogen (secondary N) is 2. The first kappa shape index (κ1) is 19.1. The quantitative estimate of drug-likeness (QED) is 0.430. The van der Waals surface area contributed by atoms with E-state index in [4.69, 9.17) is 9.47 Å². The summed E-state index contributed by atoms with van der Waals surface area (Å²) in [6, 6.07) is 5.86. The summed E-state index contributed by atoms with van der Waals surface area (Å²) in [5.41, 5.74) is 0.814. The molecular formula is C15H25IN4O2. The molecule has 0 aromatic carbocycles. The molecular weight excluding hydrogens is 395 g/mol. The van der Waals surface area contributed by atoms with Crippen molar-refractivity contribution in [3.8, 4) is 0 Å². The Morgan fingerprint density at radius 2 is 2.14 bits per heavy atom. The first-order chi connectivity index (χ1) is 10.3. The molecule has 1 aliphatic rings. The van der Waals surface area contributed by atoms with E-state index in [0.29, 0.717) is 6.54 Å². The van der Waals surface area contributed by atoms with Crippen molar-refractivity contribution >= 4 is 29.9 Å². The summed E-state index contributed by atoms with van der Waals surface area (Å²) in [6.45, 7) is 2.85. The summed E-state index contributed by atoms with van der Waals surface area (Å²) >= 11 is 0. The molecule has 0 aliphatic carbocycles. The number of aliphatic imine (C=N–C) groups is 1. The SMILES string of the molecule is CN=C(NCc1ccccn1)NCC1(OC)CCOCC1.I. The van der Waals surface area contributed by atoms with Gasteiger partial charge >= 0.3 is 0 Å². The van der Waals surface area contributed by atoms with Gasteiger partial charge in [-0.1, -0.05) is 6.07 Å². The van der Waals surface area contributed by atoms with Crippen molar-refractivity contribution in [2.24, 2.45) is 4.99 Å². The summed E-state index contributed by atoms with van der Waals surface area (Å²) in [7, 11) is 3.52. The number of nitrogens with zero attached hydrogens (tertiary/aromatic N) is 2. The molecule has 1 aliphatic heterocycles. The van der Waals surface area contributed by atoms with E-state index in [0.717, 1.165) is 44.3 Å². The number of hydrogen-bond acceptors (Lipinski definition) is 4. The van der Waals surface area contributed by atoms with E-state index in [2.05, 4.69) is 20.6 Å². The third-order valence-corrected chi connectivity index (χ3v) is 3.80. The van der Waals surface area contributed by atoms with Gasteiger partial charge in [-0.25, -0.2) is 0 Å². The molecule has 1 aromatic rings. The van der Waals surface area contributed by atoms with Crippen LogP contribution in [0.1, 0.15) is 18.5 Å². The highest BCUT2D eigenvalue weighted by Gasteiger charge is 2.32. The fourth-order valence-corrected chi connectivity index (χ4v) is 2.34. The van der Waals surface area contributed by atoms with Gasteiger partial charge in [0.2, 0.25) is 0 Å². The van der Waals surface area contributed by atoms with Crippen LogP contribution in [0.3, 0.4) is 0 Å². The van der Waals surface area contributed by atoms with Crippen molar-refractivity contribution in [1.29, 1.82) is 0 Å². The van der Waals surface area contributed by atoms with Crippen LogP contribution in [0.2, 0.25) is 0 Å². The minimum Gasteiger partial charge on any atom is -0.381 e. The van der Waals surface area contributed by atoms with Crippen LogP contribution < -0.4 is 10.6 Å². The van der Waals surface area contributed by atoms with Gasteiger partial charge in [0, 0.05) is 53.0 Å². The Morgan fingerprint density at radius 3 is 2.73 bits per heavy atom. The van der Waals surface area contributed by atoms with E-state index in [-0.39, 0.29) is 29.6 Å². The lowest BCUT2D eigenvalue weighted by Crippen LogP contribution is -2.50. The predicted molar refractivity (Wildman–Crippen MR) is 97.6 cm³/mol. The molecule has 7 heteroatoms. The molecule has 2 N–H and O–H groups in total. The van der Waals surface area contributed by atoms with Crippen LogP contribution in [-0.2, 0) is 16.0 Å². The molecule has 0 atom stereocenters. The smallest absolute Gasteiger partial charge is 0.191 e. The maximum atomic E-state index is 5.70. The van der Waals surface area contributed by atoms with Gasteiger partial charge in [0.15, 0.2) is 5.96 Å². The first-order valence-electron chi connectivity index (χ1n) is 7.25. The summed E-state index contributed by atoms with van der Waals surface area (Å²) in [5, 5.41) is 6.59. The van der Waals surface area contributed by atoms with Gasteiger partial charge in [-0.05, 0) is 12.1 Å². The Kier molecular flexibility index (Phi) is 8.66. The van der Waals surface area contributed by atoms with E-state index in [1.54, 1.807) is 20.4 Å². The first-order valence-corrected chi connectivity index (χ1v) is 7.25.